The minimum Gasteiger partial charge on any atom is -0.491 e. The number of benzene rings is 4. The quantitative estimate of drug-likeness (QED) is 0.0766. The average Bonchev–Trinajstić information content (AvgIpc) is 3.07. The fraction of sp³-hybridized carbons (Fsp3) is 0.342. The van der Waals surface area contributed by atoms with E-state index >= 15 is 0 Å². The van der Waals surface area contributed by atoms with Crippen molar-refractivity contribution < 1.29 is 31.8 Å². The van der Waals surface area contributed by atoms with E-state index in [1.54, 1.807) is 67.6 Å². The van der Waals surface area contributed by atoms with E-state index in [9.17, 15) is 22.4 Å². The zero-order valence-corrected chi connectivity index (χ0v) is 25.8. The van der Waals surface area contributed by atoms with Gasteiger partial charge in [0.1, 0.15) is 0 Å². The van der Waals surface area contributed by atoms with Gasteiger partial charge in [-0.05, 0) is 85.9 Å². The molecular weight excluding hydrogens is 580 g/mol. The first-order chi connectivity index (χ1) is 21.8. The van der Waals surface area contributed by atoms with E-state index in [1.807, 2.05) is 6.07 Å². The van der Waals surface area contributed by atoms with Gasteiger partial charge in [-0.15, -0.1) is 0 Å². The van der Waals surface area contributed by atoms with Gasteiger partial charge in [0, 0.05) is 5.56 Å². The van der Waals surface area contributed by atoms with Gasteiger partial charge < -0.3 is 9.47 Å². The lowest BCUT2D eigenvalue weighted by Crippen LogP contribution is -2.16. The minimum absolute atomic E-state index is 0.0378. The summed E-state index contributed by atoms with van der Waals surface area (Å²) in [7, 11) is 0. The van der Waals surface area contributed by atoms with Crippen molar-refractivity contribution in [3.05, 3.63) is 119 Å². The van der Waals surface area contributed by atoms with Crippen LogP contribution in [0.3, 0.4) is 0 Å². The van der Waals surface area contributed by atoms with Crippen molar-refractivity contribution in [3.8, 4) is 22.6 Å². The highest BCUT2D eigenvalue weighted by atomic mass is 19.2. The Morgan fingerprint density at radius 2 is 1.31 bits per heavy atom. The van der Waals surface area contributed by atoms with Crippen molar-refractivity contribution in [2.75, 3.05) is 6.61 Å². The maximum Gasteiger partial charge on any atom is 0.343 e. The molecule has 0 spiro atoms. The van der Waals surface area contributed by atoms with Crippen LogP contribution in [0.5, 0.6) is 11.5 Å². The van der Waals surface area contributed by atoms with Crippen LogP contribution in [0.4, 0.5) is 17.6 Å². The Balaban J connectivity index is 0.000000231. The molecule has 3 nitrogen and oxygen atoms in total. The number of halogens is 4. The van der Waals surface area contributed by atoms with Crippen LogP contribution < -0.4 is 9.47 Å². The van der Waals surface area contributed by atoms with Gasteiger partial charge in [-0.3, -0.25) is 0 Å². The molecule has 45 heavy (non-hydrogen) atoms. The van der Waals surface area contributed by atoms with Crippen molar-refractivity contribution >= 4 is 5.97 Å². The average molecular weight is 621 g/mol. The fourth-order valence-electron chi connectivity index (χ4n) is 5.76. The molecule has 0 aliphatic heterocycles. The molecule has 238 valence electrons. The standard InChI is InChI=1S/C24H28F2O2.C14H12F2O/c1-2-3-5-8-17-11-13-18(14-12-17)20-15-16-21(23(26)22(20)25)28-24(27)19-9-6-4-7-10-19;1-2-17-12-9-8-11(13(15)14(12)16)10-6-4-3-5-7-10/h4,6-7,9-10,15-18H,2-3,5,8,11-14H2,1H3;3-9H,2H2,1H3. The van der Waals surface area contributed by atoms with Crippen molar-refractivity contribution in [1.29, 1.82) is 0 Å². The number of hydrogen-bond acceptors (Lipinski definition) is 3. The molecule has 0 saturated heterocycles. The molecule has 0 amide bonds. The SMILES string of the molecule is CCCCCC1CCC(c2ccc(OC(=O)c3ccccc3)c(F)c2F)CC1.CCOc1ccc(-c2ccccc2)c(F)c1F. The van der Waals surface area contributed by atoms with E-state index in [1.165, 1.54) is 43.9 Å². The third-order valence-corrected chi connectivity index (χ3v) is 8.22. The van der Waals surface area contributed by atoms with Crippen molar-refractivity contribution in [1.82, 2.24) is 0 Å². The zero-order chi connectivity index (χ0) is 32.2. The second kappa shape index (κ2) is 16.8. The van der Waals surface area contributed by atoms with Crippen LogP contribution in [0.25, 0.3) is 11.1 Å². The Morgan fingerprint density at radius 1 is 0.689 bits per heavy atom. The molecular formula is C38H40F4O3. The van der Waals surface area contributed by atoms with Gasteiger partial charge in [-0.1, -0.05) is 87.2 Å². The smallest absolute Gasteiger partial charge is 0.343 e. The molecule has 0 radical (unpaired) electrons. The lowest BCUT2D eigenvalue weighted by Gasteiger charge is -2.29. The van der Waals surface area contributed by atoms with Crippen LogP contribution >= 0.6 is 0 Å². The summed E-state index contributed by atoms with van der Waals surface area (Å²) in [6, 6.07) is 23.1. The molecule has 0 unspecified atom stereocenters. The molecule has 0 atom stereocenters. The topological polar surface area (TPSA) is 35.5 Å². The largest absolute Gasteiger partial charge is 0.491 e. The first-order valence-corrected chi connectivity index (χ1v) is 15.7. The third kappa shape index (κ3) is 8.96. The molecule has 0 bridgehead atoms. The lowest BCUT2D eigenvalue weighted by atomic mass is 9.77. The van der Waals surface area contributed by atoms with E-state index in [0.29, 0.717) is 29.2 Å². The van der Waals surface area contributed by atoms with Crippen molar-refractivity contribution in [2.45, 2.75) is 71.1 Å². The number of carbonyl (C=O) groups is 1. The van der Waals surface area contributed by atoms with E-state index in [2.05, 4.69) is 6.92 Å². The summed E-state index contributed by atoms with van der Waals surface area (Å²) >= 11 is 0. The molecule has 7 heteroatoms. The number of hydrogen-bond donors (Lipinski definition) is 0. The molecule has 1 aliphatic rings. The summed E-state index contributed by atoms with van der Waals surface area (Å²) in [5.74, 6) is -4.13. The predicted octanol–water partition coefficient (Wildman–Crippen LogP) is 11.1. The van der Waals surface area contributed by atoms with Gasteiger partial charge in [0.15, 0.2) is 23.1 Å². The predicted molar refractivity (Wildman–Crippen MR) is 170 cm³/mol. The van der Waals surface area contributed by atoms with Crippen LogP contribution in [0.2, 0.25) is 0 Å². The molecule has 4 aromatic rings. The van der Waals surface area contributed by atoms with Crippen LogP contribution in [0.15, 0.2) is 84.9 Å². The summed E-state index contributed by atoms with van der Waals surface area (Å²) in [6.45, 7) is 4.23. The summed E-state index contributed by atoms with van der Waals surface area (Å²) < 4.78 is 66.7. The van der Waals surface area contributed by atoms with E-state index in [4.69, 9.17) is 9.47 Å². The Kier molecular flexibility index (Phi) is 12.6. The van der Waals surface area contributed by atoms with Crippen LogP contribution in [-0.4, -0.2) is 12.6 Å². The molecule has 0 aromatic heterocycles. The molecule has 1 aliphatic carbocycles. The summed E-state index contributed by atoms with van der Waals surface area (Å²) in [5, 5.41) is 0. The van der Waals surface area contributed by atoms with Crippen LogP contribution in [0.1, 0.15) is 87.1 Å². The second-order valence-corrected chi connectivity index (χ2v) is 11.3. The highest BCUT2D eigenvalue weighted by Gasteiger charge is 2.27. The second-order valence-electron chi connectivity index (χ2n) is 11.3. The summed E-state index contributed by atoms with van der Waals surface area (Å²) in [6.07, 6.45) is 8.90. The number of unbranched alkanes of at least 4 members (excludes halogenated alkanes) is 2. The van der Waals surface area contributed by atoms with E-state index in [-0.39, 0.29) is 23.0 Å². The van der Waals surface area contributed by atoms with Gasteiger partial charge in [0.2, 0.25) is 11.6 Å². The van der Waals surface area contributed by atoms with Crippen LogP contribution in [0, 0.1) is 29.2 Å². The lowest BCUT2D eigenvalue weighted by molar-refractivity contribution is 0.0726. The van der Waals surface area contributed by atoms with Crippen molar-refractivity contribution in [2.24, 2.45) is 5.92 Å². The fourth-order valence-corrected chi connectivity index (χ4v) is 5.76. The first-order valence-electron chi connectivity index (χ1n) is 15.7. The molecule has 0 heterocycles. The number of esters is 1. The zero-order valence-electron chi connectivity index (χ0n) is 25.8. The minimum atomic E-state index is -1.08. The Morgan fingerprint density at radius 3 is 1.96 bits per heavy atom. The van der Waals surface area contributed by atoms with E-state index < -0.39 is 29.2 Å². The molecule has 5 rings (SSSR count). The Labute approximate surface area is 263 Å². The van der Waals surface area contributed by atoms with Gasteiger partial charge in [0.25, 0.3) is 0 Å². The molecule has 1 fully saturated rings. The highest BCUT2D eigenvalue weighted by Crippen LogP contribution is 2.40. The van der Waals surface area contributed by atoms with Gasteiger partial charge in [-0.25, -0.2) is 13.6 Å². The maximum atomic E-state index is 14.7. The number of carbonyl (C=O) groups excluding carboxylic acids is 1. The summed E-state index contributed by atoms with van der Waals surface area (Å²) in [4.78, 5) is 12.1. The Hall–Kier alpha value is -4.13. The van der Waals surface area contributed by atoms with Gasteiger partial charge in [0.05, 0.1) is 12.2 Å². The van der Waals surface area contributed by atoms with E-state index in [0.717, 1.165) is 25.7 Å². The van der Waals surface area contributed by atoms with Gasteiger partial charge >= 0.3 is 5.97 Å². The molecule has 4 aromatic carbocycles. The molecule has 0 N–H and O–H groups in total. The van der Waals surface area contributed by atoms with Crippen molar-refractivity contribution in [3.63, 3.8) is 0 Å². The Bertz CT molecular complexity index is 1520. The number of rotatable bonds is 10. The highest BCUT2D eigenvalue weighted by molar-refractivity contribution is 5.91. The number of ether oxygens (including phenoxy) is 2. The first kappa shape index (κ1) is 33.8. The summed E-state index contributed by atoms with van der Waals surface area (Å²) in [5.41, 5.74) is 1.59. The normalized spacial score (nSPS) is 16.0. The molecule has 1 saturated carbocycles. The van der Waals surface area contributed by atoms with Gasteiger partial charge in [-0.2, -0.15) is 8.78 Å². The van der Waals surface area contributed by atoms with Crippen LogP contribution in [-0.2, 0) is 0 Å². The monoisotopic (exact) mass is 620 g/mol. The maximum absolute atomic E-state index is 14.7. The third-order valence-electron chi connectivity index (χ3n) is 8.22.